The van der Waals surface area contributed by atoms with Crippen LogP contribution in [0, 0.1) is 6.92 Å². The van der Waals surface area contributed by atoms with Gasteiger partial charge in [-0.05, 0) is 69.5 Å². The number of aryl methyl sites for hydroxylation is 1. The fourth-order valence-corrected chi connectivity index (χ4v) is 4.65. The van der Waals surface area contributed by atoms with E-state index >= 15 is 0 Å². The van der Waals surface area contributed by atoms with Gasteiger partial charge in [0, 0.05) is 10.9 Å². The van der Waals surface area contributed by atoms with Crippen molar-refractivity contribution in [2.45, 2.75) is 45.1 Å². The van der Waals surface area contributed by atoms with Crippen molar-refractivity contribution in [3.05, 3.63) is 53.6 Å². The average Bonchev–Trinajstić information content (AvgIpc) is 2.91. The van der Waals surface area contributed by atoms with Crippen LogP contribution in [0.4, 0.5) is 0 Å². The highest BCUT2D eigenvalue weighted by molar-refractivity contribution is 6.08. The Morgan fingerprint density at radius 1 is 1.19 bits per heavy atom. The first kappa shape index (κ1) is 17.8. The summed E-state index contributed by atoms with van der Waals surface area (Å²) in [6, 6.07) is 13.9. The zero-order valence-electron chi connectivity index (χ0n) is 16.5. The molecular weight excluding hydrogens is 338 g/mol. The molecule has 1 aliphatic heterocycles. The van der Waals surface area contributed by atoms with Crippen LogP contribution in [0.3, 0.4) is 0 Å². The minimum atomic E-state index is -0.986. The van der Waals surface area contributed by atoms with Gasteiger partial charge >= 0.3 is 0 Å². The van der Waals surface area contributed by atoms with Crippen molar-refractivity contribution < 1.29 is 14.6 Å². The normalized spacial score (nSPS) is 19.1. The van der Waals surface area contributed by atoms with E-state index in [4.69, 9.17) is 4.74 Å². The maximum atomic E-state index is 13.8. The van der Waals surface area contributed by atoms with E-state index in [1.165, 1.54) is 0 Å². The summed E-state index contributed by atoms with van der Waals surface area (Å²) in [6.07, 6.45) is 0.323. The summed E-state index contributed by atoms with van der Waals surface area (Å²) in [7, 11) is 1.63. The van der Waals surface area contributed by atoms with Crippen LogP contribution >= 0.6 is 0 Å². The highest BCUT2D eigenvalue weighted by Gasteiger charge is 2.47. The van der Waals surface area contributed by atoms with Gasteiger partial charge in [0.2, 0.25) is 5.91 Å². The summed E-state index contributed by atoms with van der Waals surface area (Å²) >= 11 is 0. The lowest BCUT2D eigenvalue weighted by atomic mass is 9.70. The number of hydrogen-bond donors (Lipinski definition) is 1. The summed E-state index contributed by atoms with van der Waals surface area (Å²) in [6.45, 7) is 7.49. The number of aromatic nitrogens is 1. The number of nitrogens with zero attached hydrogens (tertiary/aromatic N) is 1. The van der Waals surface area contributed by atoms with Crippen LogP contribution in [0.2, 0.25) is 0 Å². The summed E-state index contributed by atoms with van der Waals surface area (Å²) in [5.74, 6) is 0.704. The molecule has 3 aromatic rings. The molecule has 2 heterocycles. The number of fused-ring (bicyclic) bond motifs is 5. The van der Waals surface area contributed by atoms with Crippen LogP contribution in [0.25, 0.3) is 22.2 Å². The maximum absolute atomic E-state index is 13.8. The smallest absolute Gasteiger partial charge is 0.242 e. The Morgan fingerprint density at radius 2 is 1.89 bits per heavy atom. The Hall–Kier alpha value is -2.59. The SMILES string of the molecule is COc1ccc2c(c1)[C@@](C)(CC(C)(C)O)C(=O)n1c-2c(C)c2ccccc21. The van der Waals surface area contributed by atoms with Crippen LogP contribution in [-0.4, -0.2) is 28.3 Å². The van der Waals surface area contributed by atoms with Gasteiger partial charge in [0.05, 0.1) is 29.3 Å². The van der Waals surface area contributed by atoms with Crippen LogP contribution < -0.4 is 4.74 Å². The van der Waals surface area contributed by atoms with Crippen molar-refractivity contribution in [2.75, 3.05) is 7.11 Å². The molecule has 0 aliphatic carbocycles. The lowest BCUT2D eigenvalue weighted by molar-refractivity contribution is 0.0378. The van der Waals surface area contributed by atoms with Crippen LogP contribution in [0.1, 0.15) is 43.1 Å². The number of carbonyl (C=O) groups excluding carboxylic acids is 1. The van der Waals surface area contributed by atoms with Gasteiger partial charge in [-0.15, -0.1) is 0 Å². The summed E-state index contributed by atoms with van der Waals surface area (Å²) in [5, 5.41) is 11.7. The first-order valence-electron chi connectivity index (χ1n) is 9.23. The summed E-state index contributed by atoms with van der Waals surface area (Å²) < 4.78 is 7.27. The molecule has 0 saturated heterocycles. The van der Waals surface area contributed by atoms with E-state index in [9.17, 15) is 9.90 Å². The quantitative estimate of drug-likeness (QED) is 0.734. The third-order valence-corrected chi connectivity index (χ3v) is 5.67. The number of hydrogen-bond acceptors (Lipinski definition) is 3. The van der Waals surface area contributed by atoms with Crippen LogP contribution in [-0.2, 0) is 5.41 Å². The van der Waals surface area contributed by atoms with E-state index in [0.717, 1.165) is 33.3 Å². The third-order valence-electron chi connectivity index (χ3n) is 5.67. The van der Waals surface area contributed by atoms with E-state index in [1.54, 1.807) is 21.0 Å². The molecule has 4 rings (SSSR count). The minimum absolute atomic E-state index is 0.00956. The summed E-state index contributed by atoms with van der Waals surface area (Å²) in [4.78, 5) is 13.8. The second kappa shape index (κ2) is 5.70. The van der Waals surface area contributed by atoms with Crippen LogP contribution in [0.15, 0.2) is 42.5 Å². The van der Waals surface area contributed by atoms with Gasteiger partial charge in [0.1, 0.15) is 5.75 Å². The highest BCUT2D eigenvalue weighted by atomic mass is 16.5. The molecule has 1 aliphatic rings. The molecule has 0 fully saturated rings. The van der Waals surface area contributed by atoms with Gasteiger partial charge < -0.3 is 9.84 Å². The predicted molar refractivity (Wildman–Crippen MR) is 108 cm³/mol. The molecule has 1 atom stereocenters. The number of carbonyl (C=O) groups is 1. The van der Waals surface area contributed by atoms with E-state index in [0.29, 0.717) is 12.2 Å². The summed E-state index contributed by atoms with van der Waals surface area (Å²) in [5.41, 5.74) is 3.04. The Morgan fingerprint density at radius 3 is 2.56 bits per heavy atom. The van der Waals surface area contributed by atoms with Gasteiger partial charge in [-0.3, -0.25) is 9.36 Å². The first-order chi connectivity index (χ1) is 12.7. The van der Waals surface area contributed by atoms with E-state index < -0.39 is 11.0 Å². The maximum Gasteiger partial charge on any atom is 0.242 e. The molecule has 0 radical (unpaired) electrons. The van der Waals surface area contributed by atoms with Gasteiger partial charge in [-0.1, -0.05) is 18.2 Å². The van der Waals surface area contributed by atoms with Gasteiger partial charge in [0.25, 0.3) is 0 Å². The monoisotopic (exact) mass is 363 g/mol. The minimum Gasteiger partial charge on any atom is -0.497 e. The molecule has 1 aromatic heterocycles. The largest absolute Gasteiger partial charge is 0.497 e. The van der Waals surface area contributed by atoms with Crippen molar-refractivity contribution in [3.63, 3.8) is 0 Å². The molecule has 140 valence electrons. The third kappa shape index (κ3) is 2.51. The number of ether oxygens (including phenoxy) is 1. The zero-order valence-corrected chi connectivity index (χ0v) is 16.5. The molecule has 0 saturated carbocycles. The van der Waals surface area contributed by atoms with Gasteiger partial charge in [-0.2, -0.15) is 0 Å². The molecule has 0 unspecified atom stereocenters. The molecule has 1 N–H and O–H groups in total. The zero-order chi connectivity index (χ0) is 19.6. The molecule has 4 heteroatoms. The van der Waals surface area contributed by atoms with E-state index in [1.807, 2.05) is 47.9 Å². The van der Waals surface area contributed by atoms with Crippen molar-refractivity contribution >= 4 is 16.8 Å². The van der Waals surface area contributed by atoms with Crippen molar-refractivity contribution in [3.8, 4) is 17.0 Å². The Kier molecular flexibility index (Phi) is 3.76. The molecule has 27 heavy (non-hydrogen) atoms. The Balaban J connectivity index is 2.12. The topological polar surface area (TPSA) is 51.5 Å². The lowest BCUT2D eigenvalue weighted by Crippen LogP contribution is -2.45. The number of benzene rings is 2. The predicted octanol–water partition coefficient (Wildman–Crippen LogP) is 4.70. The van der Waals surface area contributed by atoms with E-state index in [2.05, 4.69) is 13.0 Å². The lowest BCUT2D eigenvalue weighted by Gasteiger charge is -2.39. The van der Waals surface area contributed by atoms with E-state index in [-0.39, 0.29) is 5.91 Å². The molecule has 2 aromatic carbocycles. The van der Waals surface area contributed by atoms with Crippen LogP contribution in [0.5, 0.6) is 5.75 Å². The standard InChI is InChI=1S/C23H25NO3/c1-14-16-8-6-7-9-19(16)24-20(14)17-11-10-15(27-5)12-18(17)23(4,21(24)25)13-22(2,3)26/h6-12,26H,13H2,1-5H3/t23-/m1/s1. The average molecular weight is 363 g/mol. The molecule has 0 amide bonds. The van der Waals surface area contributed by atoms with Gasteiger partial charge in [0.15, 0.2) is 0 Å². The highest BCUT2D eigenvalue weighted by Crippen LogP contribution is 2.48. The number of para-hydroxylation sites is 1. The van der Waals surface area contributed by atoms with Crippen molar-refractivity contribution in [1.82, 2.24) is 4.57 Å². The Bertz CT molecular complexity index is 1070. The fraction of sp³-hybridized carbons (Fsp3) is 0.348. The molecule has 4 nitrogen and oxygen atoms in total. The second-order valence-corrected chi connectivity index (χ2v) is 8.36. The van der Waals surface area contributed by atoms with Crippen molar-refractivity contribution in [1.29, 1.82) is 0 Å². The fourth-order valence-electron chi connectivity index (χ4n) is 4.65. The first-order valence-corrected chi connectivity index (χ1v) is 9.23. The molecular formula is C23H25NO3. The van der Waals surface area contributed by atoms with Gasteiger partial charge in [-0.25, -0.2) is 0 Å². The number of aliphatic hydroxyl groups is 1. The number of rotatable bonds is 3. The van der Waals surface area contributed by atoms with Crippen molar-refractivity contribution in [2.24, 2.45) is 0 Å². The molecule has 0 bridgehead atoms. The number of methoxy groups -OCH3 is 1. The Labute approximate surface area is 159 Å². The molecule has 0 spiro atoms. The second-order valence-electron chi connectivity index (χ2n) is 8.36.